The monoisotopic (exact) mass is 311 g/mol. The van der Waals surface area contributed by atoms with Crippen LogP contribution in [-0.2, 0) is 11.2 Å². The molecule has 5 nitrogen and oxygen atoms in total. The SMILES string of the molecule is CN(CCNC(=O)C1CCc2cccc(O)c21)c1ccccn1. The minimum absolute atomic E-state index is 0.0142. The van der Waals surface area contributed by atoms with Gasteiger partial charge in [0.1, 0.15) is 11.6 Å². The molecular weight excluding hydrogens is 290 g/mol. The number of benzene rings is 1. The van der Waals surface area contributed by atoms with Crippen LogP contribution in [0.3, 0.4) is 0 Å². The molecule has 1 aromatic carbocycles. The fourth-order valence-corrected chi connectivity index (χ4v) is 3.09. The van der Waals surface area contributed by atoms with Crippen molar-refractivity contribution in [3.05, 3.63) is 53.7 Å². The van der Waals surface area contributed by atoms with E-state index in [-0.39, 0.29) is 17.6 Å². The highest BCUT2D eigenvalue weighted by Crippen LogP contribution is 2.38. The van der Waals surface area contributed by atoms with Crippen LogP contribution in [0.4, 0.5) is 5.82 Å². The predicted octanol–water partition coefficient (Wildman–Crippen LogP) is 2.07. The van der Waals surface area contributed by atoms with E-state index in [9.17, 15) is 9.90 Å². The third kappa shape index (κ3) is 3.28. The van der Waals surface area contributed by atoms with Gasteiger partial charge in [0.15, 0.2) is 0 Å². The van der Waals surface area contributed by atoms with Crippen molar-refractivity contribution in [3.63, 3.8) is 0 Å². The molecule has 0 fully saturated rings. The van der Waals surface area contributed by atoms with Crippen molar-refractivity contribution in [1.29, 1.82) is 0 Å². The van der Waals surface area contributed by atoms with Crippen molar-refractivity contribution in [2.75, 3.05) is 25.0 Å². The standard InChI is InChI=1S/C18H21N3O2/c1-21(16-7-2-3-10-19-16)12-11-20-18(23)14-9-8-13-5-4-6-15(22)17(13)14/h2-7,10,14,22H,8-9,11-12H2,1H3,(H,20,23). The number of hydrogen-bond acceptors (Lipinski definition) is 4. The van der Waals surface area contributed by atoms with Gasteiger partial charge in [-0.15, -0.1) is 0 Å². The van der Waals surface area contributed by atoms with Gasteiger partial charge in [-0.25, -0.2) is 4.98 Å². The number of aromatic nitrogens is 1. The second kappa shape index (κ2) is 6.69. The zero-order chi connectivity index (χ0) is 16.2. The molecule has 120 valence electrons. The normalized spacial score (nSPS) is 16.0. The Bertz CT molecular complexity index is 688. The van der Waals surface area contributed by atoms with Crippen molar-refractivity contribution >= 4 is 11.7 Å². The van der Waals surface area contributed by atoms with Crippen LogP contribution in [0, 0.1) is 0 Å². The van der Waals surface area contributed by atoms with E-state index >= 15 is 0 Å². The molecule has 1 atom stereocenters. The number of aromatic hydroxyl groups is 1. The third-order valence-corrected chi connectivity index (χ3v) is 4.33. The summed E-state index contributed by atoms with van der Waals surface area (Å²) in [6.45, 7) is 1.23. The molecule has 0 radical (unpaired) electrons. The first-order valence-electron chi connectivity index (χ1n) is 7.87. The van der Waals surface area contributed by atoms with Gasteiger partial charge in [-0.3, -0.25) is 4.79 Å². The number of hydrogen-bond donors (Lipinski definition) is 2. The van der Waals surface area contributed by atoms with Gasteiger partial charge in [-0.05, 0) is 36.6 Å². The molecule has 0 aliphatic heterocycles. The number of likely N-dealkylation sites (N-methyl/N-ethyl adjacent to an activating group) is 1. The number of anilines is 1. The highest BCUT2D eigenvalue weighted by molar-refractivity contribution is 5.85. The molecule has 5 heteroatoms. The van der Waals surface area contributed by atoms with E-state index in [0.717, 1.165) is 29.8 Å². The summed E-state index contributed by atoms with van der Waals surface area (Å²) in [6.07, 6.45) is 3.35. The van der Waals surface area contributed by atoms with Crippen LogP contribution in [0.25, 0.3) is 0 Å². The van der Waals surface area contributed by atoms with E-state index in [1.54, 1.807) is 12.3 Å². The van der Waals surface area contributed by atoms with E-state index in [0.29, 0.717) is 13.1 Å². The Morgan fingerprint density at radius 2 is 2.22 bits per heavy atom. The molecule has 3 rings (SSSR count). The lowest BCUT2D eigenvalue weighted by Gasteiger charge is -2.19. The van der Waals surface area contributed by atoms with Gasteiger partial charge in [0.25, 0.3) is 0 Å². The molecule has 1 aliphatic carbocycles. The number of pyridine rings is 1. The average Bonchev–Trinajstić information content (AvgIpc) is 3.01. The van der Waals surface area contributed by atoms with Gasteiger partial charge < -0.3 is 15.3 Å². The van der Waals surface area contributed by atoms with E-state index in [1.807, 2.05) is 42.3 Å². The number of nitrogens with one attached hydrogen (secondary N) is 1. The van der Waals surface area contributed by atoms with Gasteiger partial charge in [-0.1, -0.05) is 18.2 Å². The Morgan fingerprint density at radius 1 is 1.35 bits per heavy atom. The number of carbonyl (C=O) groups is 1. The summed E-state index contributed by atoms with van der Waals surface area (Å²) in [5.74, 6) is 0.849. The van der Waals surface area contributed by atoms with Crippen molar-refractivity contribution in [2.24, 2.45) is 0 Å². The first-order valence-corrected chi connectivity index (χ1v) is 7.87. The molecule has 1 amide bonds. The largest absolute Gasteiger partial charge is 0.508 e. The zero-order valence-corrected chi connectivity index (χ0v) is 13.2. The lowest BCUT2D eigenvalue weighted by molar-refractivity contribution is -0.122. The Kier molecular flexibility index (Phi) is 4.46. The molecule has 1 aliphatic rings. The van der Waals surface area contributed by atoms with Gasteiger partial charge in [0.2, 0.25) is 5.91 Å². The number of nitrogens with zero attached hydrogens (tertiary/aromatic N) is 2. The first-order chi connectivity index (χ1) is 11.2. The summed E-state index contributed by atoms with van der Waals surface area (Å²) in [7, 11) is 1.95. The molecule has 1 unspecified atom stereocenters. The van der Waals surface area contributed by atoms with E-state index in [2.05, 4.69) is 10.3 Å². The minimum Gasteiger partial charge on any atom is -0.508 e. The van der Waals surface area contributed by atoms with Crippen LogP contribution in [0.1, 0.15) is 23.5 Å². The van der Waals surface area contributed by atoms with Gasteiger partial charge in [-0.2, -0.15) is 0 Å². The molecule has 23 heavy (non-hydrogen) atoms. The van der Waals surface area contributed by atoms with Crippen molar-refractivity contribution in [1.82, 2.24) is 10.3 Å². The Morgan fingerprint density at radius 3 is 3.00 bits per heavy atom. The molecule has 1 aromatic heterocycles. The van der Waals surface area contributed by atoms with E-state index in [1.165, 1.54) is 0 Å². The number of fused-ring (bicyclic) bond motifs is 1. The summed E-state index contributed by atoms with van der Waals surface area (Å²) >= 11 is 0. The fraction of sp³-hybridized carbons (Fsp3) is 0.333. The Balaban J connectivity index is 1.55. The molecule has 0 saturated carbocycles. The fourth-order valence-electron chi connectivity index (χ4n) is 3.09. The summed E-state index contributed by atoms with van der Waals surface area (Å²) in [6, 6.07) is 11.2. The number of aryl methyl sites for hydroxylation is 1. The lowest BCUT2D eigenvalue weighted by Crippen LogP contribution is -2.35. The maximum atomic E-state index is 12.4. The maximum Gasteiger partial charge on any atom is 0.227 e. The second-order valence-electron chi connectivity index (χ2n) is 5.84. The molecule has 2 aromatic rings. The highest BCUT2D eigenvalue weighted by atomic mass is 16.3. The van der Waals surface area contributed by atoms with E-state index < -0.39 is 0 Å². The van der Waals surface area contributed by atoms with E-state index in [4.69, 9.17) is 0 Å². The second-order valence-corrected chi connectivity index (χ2v) is 5.84. The Hall–Kier alpha value is -2.56. The average molecular weight is 311 g/mol. The maximum absolute atomic E-state index is 12.4. The lowest BCUT2D eigenvalue weighted by atomic mass is 9.99. The highest BCUT2D eigenvalue weighted by Gasteiger charge is 2.30. The predicted molar refractivity (Wildman–Crippen MR) is 89.7 cm³/mol. The molecule has 0 bridgehead atoms. The van der Waals surface area contributed by atoms with Crippen LogP contribution in [0.2, 0.25) is 0 Å². The first kappa shape index (κ1) is 15.3. The number of phenolic OH excluding ortho intramolecular Hbond substituents is 1. The van der Waals surface area contributed by atoms with Crippen LogP contribution in [0.5, 0.6) is 5.75 Å². The number of phenols is 1. The summed E-state index contributed by atoms with van der Waals surface area (Å²) in [5, 5.41) is 13.0. The molecule has 1 heterocycles. The molecule has 0 spiro atoms. The third-order valence-electron chi connectivity index (χ3n) is 4.33. The topological polar surface area (TPSA) is 65.5 Å². The minimum atomic E-state index is -0.244. The number of rotatable bonds is 5. The van der Waals surface area contributed by atoms with Gasteiger partial charge in [0, 0.05) is 31.9 Å². The number of carbonyl (C=O) groups excluding carboxylic acids is 1. The van der Waals surface area contributed by atoms with Crippen molar-refractivity contribution in [2.45, 2.75) is 18.8 Å². The summed E-state index contributed by atoms with van der Waals surface area (Å²) in [5.41, 5.74) is 1.87. The van der Waals surface area contributed by atoms with Crippen LogP contribution >= 0.6 is 0 Å². The van der Waals surface area contributed by atoms with Crippen LogP contribution in [0.15, 0.2) is 42.6 Å². The van der Waals surface area contributed by atoms with Gasteiger partial charge >= 0.3 is 0 Å². The number of amides is 1. The molecular formula is C18H21N3O2. The zero-order valence-electron chi connectivity index (χ0n) is 13.2. The van der Waals surface area contributed by atoms with Crippen molar-refractivity contribution in [3.8, 4) is 5.75 Å². The van der Waals surface area contributed by atoms with Crippen molar-refractivity contribution < 1.29 is 9.90 Å². The van der Waals surface area contributed by atoms with Crippen LogP contribution < -0.4 is 10.2 Å². The summed E-state index contributed by atoms with van der Waals surface area (Å²) in [4.78, 5) is 18.7. The Labute approximate surface area is 136 Å². The van der Waals surface area contributed by atoms with Crippen LogP contribution in [-0.4, -0.2) is 36.1 Å². The van der Waals surface area contributed by atoms with Gasteiger partial charge in [0.05, 0.1) is 5.92 Å². The molecule has 0 saturated heterocycles. The smallest absolute Gasteiger partial charge is 0.227 e. The quantitative estimate of drug-likeness (QED) is 0.887. The molecule has 2 N–H and O–H groups in total. The summed E-state index contributed by atoms with van der Waals surface area (Å²) < 4.78 is 0.